The average Bonchev–Trinajstić information content (AvgIpc) is 2.92. The SMILES string of the molecule is COC(=O)c1c(NC(=O)c2cc(Cl)ccc2Cl)sc2c1CCCCCC2. The molecule has 0 saturated heterocycles. The van der Waals surface area contributed by atoms with E-state index in [1.54, 1.807) is 12.1 Å². The molecule has 138 valence electrons. The van der Waals surface area contributed by atoms with Crippen LogP contribution in [0.3, 0.4) is 0 Å². The van der Waals surface area contributed by atoms with Gasteiger partial charge in [0.1, 0.15) is 5.00 Å². The smallest absolute Gasteiger partial charge is 0.341 e. The highest BCUT2D eigenvalue weighted by Gasteiger charge is 2.26. The van der Waals surface area contributed by atoms with E-state index in [4.69, 9.17) is 27.9 Å². The molecule has 2 aromatic rings. The van der Waals surface area contributed by atoms with Gasteiger partial charge in [0.05, 0.1) is 23.3 Å². The highest BCUT2D eigenvalue weighted by Crippen LogP contribution is 2.38. The molecule has 0 saturated carbocycles. The zero-order chi connectivity index (χ0) is 18.7. The van der Waals surface area contributed by atoms with Gasteiger partial charge in [-0.3, -0.25) is 4.79 Å². The van der Waals surface area contributed by atoms with Crippen LogP contribution in [-0.4, -0.2) is 19.0 Å². The fourth-order valence-corrected chi connectivity index (χ4v) is 4.82. The van der Waals surface area contributed by atoms with Crippen molar-refractivity contribution >= 4 is 51.4 Å². The lowest BCUT2D eigenvalue weighted by molar-refractivity contribution is 0.0601. The number of hydrogen-bond donors (Lipinski definition) is 1. The summed E-state index contributed by atoms with van der Waals surface area (Å²) < 4.78 is 4.97. The number of thiophene rings is 1. The summed E-state index contributed by atoms with van der Waals surface area (Å²) in [5.41, 5.74) is 1.76. The van der Waals surface area contributed by atoms with Crippen LogP contribution in [0, 0.1) is 0 Å². The van der Waals surface area contributed by atoms with Gasteiger partial charge in [-0.2, -0.15) is 0 Å². The number of carbonyl (C=O) groups is 2. The summed E-state index contributed by atoms with van der Waals surface area (Å²) >= 11 is 13.6. The van der Waals surface area contributed by atoms with E-state index in [1.807, 2.05) is 0 Å². The normalized spacial score (nSPS) is 14.1. The van der Waals surface area contributed by atoms with E-state index in [0.717, 1.165) is 42.5 Å². The topological polar surface area (TPSA) is 55.4 Å². The minimum Gasteiger partial charge on any atom is -0.465 e. The lowest BCUT2D eigenvalue weighted by Gasteiger charge is -2.11. The molecule has 1 amide bonds. The van der Waals surface area contributed by atoms with Crippen molar-refractivity contribution in [2.75, 3.05) is 12.4 Å². The molecule has 0 aliphatic heterocycles. The van der Waals surface area contributed by atoms with Gasteiger partial charge in [0.25, 0.3) is 5.91 Å². The number of ether oxygens (including phenoxy) is 1. The fraction of sp³-hybridized carbons (Fsp3) is 0.368. The second kappa shape index (κ2) is 8.42. The number of rotatable bonds is 3. The van der Waals surface area contributed by atoms with Gasteiger partial charge in [-0.1, -0.05) is 36.0 Å². The van der Waals surface area contributed by atoms with E-state index in [-0.39, 0.29) is 5.56 Å². The predicted molar refractivity (Wildman–Crippen MR) is 106 cm³/mol. The Balaban J connectivity index is 1.98. The maximum Gasteiger partial charge on any atom is 0.341 e. The summed E-state index contributed by atoms with van der Waals surface area (Å²) in [4.78, 5) is 26.2. The van der Waals surface area contributed by atoms with Crippen LogP contribution in [0.25, 0.3) is 0 Å². The van der Waals surface area contributed by atoms with Crippen molar-refractivity contribution < 1.29 is 14.3 Å². The third-order valence-electron chi connectivity index (χ3n) is 4.46. The standard InChI is InChI=1S/C19H19Cl2NO3S/c1-25-19(24)16-12-6-4-2-3-5-7-15(12)26-18(16)22-17(23)13-10-11(20)8-9-14(13)21/h8-10H,2-7H2,1H3,(H,22,23). The molecule has 0 bridgehead atoms. The van der Waals surface area contributed by atoms with Gasteiger partial charge in [-0.25, -0.2) is 4.79 Å². The lowest BCUT2D eigenvalue weighted by atomic mass is 9.96. The Kier molecular flexibility index (Phi) is 6.22. The number of esters is 1. The van der Waals surface area contributed by atoms with Crippen LogP contribution in [-0.2, 0) is 17.6 Å². The molecule has 1 heterocycles. The Morgan fingerprint density at radius 1 is 1.12 bits per heavy atom. The first kappa shape index (κ1) is 19.2. The highest BCUT2D eigenvalue weighted by molar-refractivity contribution is 7.17. The summed E-state index contributed by atoms with van der Waals surface area (Å²) in [5.74, 6) is -0.813. The van der Waals surface area contributed by atoms with Gasteiger partial charge in [-0.15, -0.1) is 11.3 Å². The molecule has 1 aliphatic rings. The molecule has 1 N–H and O–H groups in total. The molecule has 4 nitrogen and oxygen atoms in total. The highest BCUT2D eigenvalue weighted by atomic mass is 35.5. The molecule has 1 aromatic heterocycles. The van der Waals surface area contributed by atoms with E-state index in [0.29, 0.717) is 20.6 Å². The van der Waals surface area contributed by atoms with Crippen LogP contribution in [0.4, 0.5) is 5.00 Å². The van der Waals surface area contributed by atoms with E-state index in [2.05, 4.69) is 5.32 Å². The molecule has 26 heavy (non-hydrogen) atoms. The van der Waals surface area contributed by atoms with Crippen LogP contribution < -0.4 is 5.32 Å². The summed E-state index contributed by atoms with van der Waals surface area (Å²) in [5, 5.41) is 4.09. The Bertz CT molecular complexity index is 848. The Labute approximate surface area is 166 Å². The number of methoxy groups -OCH3 is 1. The van der Waals surface area contributed by atoms with Crippen LogP contribution in [0.1, 0.15) is 56.8 Å². The minimum atomic E-state index is -0.421. The molecule has 0 spiro atoms. The van der Waals surface area contributed by atoms with Crippen molar-refractivity contribution in [1.82, 2.24) is 0 Å². The number of hydrogen-bond acceptors (Lipinski definition) is 4. The molecule has 0 radical (unpaired) electrons. The zero-order valence-electron chi connectivity index (χ0n) is 14.4. The van der Waals surface area contributed by atoms with Crippen molar-refractivity contribution in [3.63, 3.8) is 0 Å². The number of anilines is 1. The Morgan fingerprint density at radius 3 is 2.58 bits per heavy atom. The van der Waals surface area contributed by atoms with Crippen molar-refractivity contribution in [3.8, 4) is 0 Å². The van der Waals surface area contributed by atoms with Gasteiger partial charge in [0.2, 0.25) is 0 Å². The molecular weight excluding hydrogens is 393 g/mol. The van der Waals surface area contributed by atoms with E-state index >= 15 is 0 Å². The predicted octanol–water partition coefficient (Wildman–Crippen LogP) is 5.75. The maximum atomic E-state index is 12.7. The summed E-state index contributed by atoms with van der Waals surface area (Å²) in [6.07, 6.45) is 6.19. The third kappa shape index (κ3) is 4.05. The number of nitrogens with one attached hydrogen (secondary N) is 1. The summed E-state index contributed by atoms with van der Waals surface area (Å²) in [7, 11) is 1.36. The van der Waals surface area contributed by atoms with Crippen LogP contribution in [0.5, 0.6) is 0 Å². The number of halogens is 2. The first-order valence-electron chi connectivity index (χ1n) is 8.50. The average molecular weight is 412 g/mol. The van der Waals surface area contributed by atoms with E-state index < -0.39 is 11.9 Å². The van der Waals surface area contributed by atoms with Crippen molar-refractivity contribution in [2.24, 2.45) is 0 Å². The molecule has 0 fully saturated rings. The van der Waals surface area contributed by atoms with E-state index in [9.17, 15) is 9.59 Å². The van der Waals surface area contributed by atoms with Crippen LogP contribution >= 0.6 is 34.5 Å². The van der Waals surface area contributed by atoms with Gasteiger partial charge in [0.15, 0.2) is 0 Å². The zero-order valence-corrected chi connectivity index (χ0v) is 16.7. The molecular formula is C19H19Cl2NO3S. The van der Waals surface area contributed by atoms with E-state index in [1.165, 1.54) is 30.9 Å². The number of aryl methyl sites for hydroxylation is 1. The first-order valence-corrected chi connectivity index (χ1v) is 10.1. The van der Waals surface area contributed by atoms with Crippen LogP contribution in [0.2, 0.25) is 10.0 Å². The Morgan fingerprint density at radius 2 is 1.85 bits per heavy atom. The second-order valence-electron chi connectivity index (χ2n) is 6.19. The van der Waals surface area contributed by atoms with Gasteiger partial charge in [-0.05, 0) is 49.4 Å². The molecule has 0 unspecified atom stereocenters. The minimum absolute atomic E-state index is 0.274. The second-order valence-corrected chi connectivity index (χ2v) is 8.14. The molecule has 1 aliphatic carbocycles. The van der Waals surface area contributed by atoms with Gasteiger partial charge >= 0.3 is 5.97 Å². The van der Waals surface area contributed by atoms with Crippen molar-refractivity contribution in [1.29, 1.82) is 0 Å². The number of amides is 1. The van der Waals surface area contributed by atoms with Gasteiger partial charge in [0, 0.05) is 9.90 Å². The molecule has 1 aromatic carbocycles. The van der Waals surface area contributed by atoms with Gasteiger partial charge < -0.3 is 10.1 Å². The molecule has 0 atom stereocenters. The van der Waals surface area contributed by atoms with Crippen molar-refractivity contribution in [2.45, 2.75) is 38.5 Å². The number of fused-ring (bicyclic) bond motifs is 1. The Hall–Kier alpha value is -1.56. The summed E-state index contributed by atoms with van der Waals surface area (Å²) in [6.45, 7) is 0. The number of benzene rings is 1. The monoisotopic (exact) mass is 411 g/mol. The molecule has 7 heteroatoms. The first-order chi connectivity index (χ1) is 12.5. The fourth-order valence-electron chi connectivity index (χ4n) is 3.17. The lowest BCUT2D eigenvalue weighted by Crippen LogP contribution is -2.15. The summed E-state index contributed by atoms with van der Waals surface area (Å²) in [6, 6.07) is 4.71. The van der Waals surface area contributed by atoms with Crippen molar-refractivity contribution in [3.05, 3.63) is 49.8 Å². The largest absolute Gasteiger partial charge is 0.465 e. The van der Waals surface area contributed by atoms with Crippen LogP contribution in [0.15, 0.2) is 18.2 Å². The maximum absolute atomic E-state index is 12.7. The number of carbonyl (C=O) groups excluding carboxylic acids is 2. The third-order valence-corrected chi connectivity index (χ3v) is 6.23. The quantitative estimate of drug-likeness (QED) is 0.653. The molecule has 3 rings (SSSR count).